The molecule has 0 bridgehead atoms. The van der Waals surface area contributed by atoms with Crippen LogP contribution in [0.4, 0.5) is 15.2 Å². The first-order valence-corrected chi connectivity index (χ1v) is 9.18. The second-order valence-corrected chi connectivity index (χ2v) is 6.94. The molecule has 0 saturated heterocycles. The molecular formula is C20H18FN3O2S. The van der Waals surface area contributed by atoms with Crippen LogP contribution < -0.4 is 10.6 Å². The summed E-state index contributed by atoms with van der Waals surface area (Å²) in [6, 6.07) is 11.0. The predicted octanol–water partition coefficient (Wildman–Crippen LogP) is 4.33. The molecule has 1 aromatic heterocycles. The first-order valence-electron chi connectivity index (χ1n) is 8.30. The maximum absolute atomic E-state index is 12.9. The van der Waals surface area contributed by atoms with Crippen LogP contribution in [0.2, 0.25) is 0 Å². The van der Waals surface area contributed by atoms with E-state index >= 15 is 0 Å². The monoisotopic (exact) mass is 383 g/mol. The Morgan fingerprint density at radius 1 is 1.07 bits per heavy atom. The maximum Gasteiger partial charge on any atom is 0.257 e. The molecule has 3 aromatic rings. The Hall–Kier alpha value is -3.06. The molecule has 0 saturated carbocycles. The largest absolute Gasteiger partial charge is 0.325 e. The van der Waals surface area contributed by atoms with Crippen molar-refractivity contribution in [3.63, 3.8) is 0 Å². The zero-order chi connectivity index (χ0) is 19.4. The van der Waals surface area contributed by atoms with Gasteiger partial charge in [0.25, 0.3) is 5.91 Å². The van der Waals surface area contributed by atoms with Crippen LogP contribution in [-0.4, -0.2) is 16.8 Å². The van der Waals surface area contributed by atoms with Crippen molar-refractivity contribution in [1.82, 2.24) is 4.98 Å². The number of amides is 2. The highest BCUT2D eigenvalue weighted by Crippen LogP contribution is 2.20. The minimum Gasteiger partial charge on any atom is -0.325 e. The lowest BCUT2D eigenvalue weighted by Gasteiger charge is -2.09. The lowest BCUT2D eigenvalue weighted by Crippen LogP contribution is -2.16. The molecule has 2 amide bonds. The molecule has 138 valence electrons. The number of hydrogen-bond donors (Lipinski definition) is 2. The molecule has 1 heterocycles. The fourth-order valence-corrected chi connectivity index (χ4v) is 3.17. The van der Waals surface area contributed by atoms with Gasteiger partial charge >= 0.3 is 0 Å². The predicted molar refractivity (Wildman–Crippen MR) is 105 cm³/mol. The van der Waals surface area contributed by atoms with Gasteiger partial charge in [-0.05, 0) is 55.3 Å². The Kier molecular flexibility index (Phi) is 5.61. The maximum atomic E-state index is 12.9. The van der Waals surface area contributed by atoms with E-state index in [9.17, 15) is 14.0 Å². The van der Waals surface area contributed by atoms with Gasteiger partial charge in [0.05, 0.1) is 12.1 Å². The third-order valence-electron chi connectivity index (χ3n) is 4.10. The van der Waals surface area contributed by atoms with Gasteiger partial charge in [-0.3, -0.25) is 14.9 Å². The van der Waals surface area contributed by atoms with Gasteiger partial charge in [0, 0.05) is 16.6 Å². The second-order valence-electron chi connectivity index (χ2n) is 6.08. The van der Waals surface area contributed by atoms with Crippen LogP contribution >= 0.6 is 11.3 Å². The minimum atomic E-state index is -0.405. The first kappa shape index (κ1) is 18.7. The van der Waals surface area contributed by atoms with Gasteiger partial charge in [0.1, 0.15) is 5.82 Å². The molecule has 3 rings (SSSR count). The summed E-state index contributed by atoms with van der Waals surface area (Å²) in [4.78, 5) is 28.6. The fraction of sp³-hybridized carbons (Fsp3) is 0.150. The Morgan fingerprint density at radius 3 is 2.56 bits per heavy atom. The number of carbonyl (C=O) groups excluding carboxylic acids is 2. The van der Waals surface area contributed by atoms with Crippen molar-refractivity contribution in [3.05, 3.63) is 76.0 Å². The fourth-order valence-electron chi connectivity index (χ4n) is 2.46. The summed E-state index contributed by atoms with van der Waals surface area (Å²) in [5, 5.41) is 7.65. The number of aryl methyl sites for hydroxylation is 1. The quantitative estimate of drug-likeness (QED) is 0.689. The summed E-state index contributed by atoms with van der Waals surface area (Å²) in [6.45, 7) is 3.94. The molecule has 2 aromatic carbocycles. The molecule has 0 atom stereocenters. The number of nitrogens with one attached hydrogen (secondary N) is 2. The Bertz CT molecular complexity index is 983. The van der Waals surface area contributed by atoms with E-state index in [1.165, 1.54) is 35.6 Å². The third-order valence-corrected chi connectivity index (χ3v) is 4.91. The number of benzene rings is 2. The van der Waals surface area contributed by atoms with Crippen LogP contribution in [0.3, 0.4) is 0 Å². The van der Waals surface area contributed by atoms with Crippen LogP contribution in [0.15, 0.2) is 47.8 Å². The smallest absolute Gasteiger partial charge is 0.257 e. The van der Waals surface area contributed by atoms with Gasteiger partial charge in [-0.25, -0.2) is 9.37 Å². The van der Waals surface area contributed by atoms with Gasteiger partial charge in [-0.1, -0.05) is 12.1 Å². The molecule has 0 aliphatic rings. The number of hydrogen-bond acceptors (Lipinski definition) is 4. The van der Waals surface area contributed by atoms with Crippen LogP contribution in [0.5, 0.6) is 0 Å². The molecule has 0 fully saturated rings. The van der Waals surface area contributed by atoms with Crippen molar-refractivity contribution in [2.24, 2.45) is 0 Å². The highest BCUT2D eigenvalue weighted by atomic mass is 32.1. The number of halogens is 1. The van der Waals surface area contributed by atoms with Crippen molar-refractivity contribution in [2.75, 3.05) is 10.6 Å². The van der Waals surface area contributed by atoms with E-state index in [1.54, 1.807) is 5.38 Å². The molecule has 0 spiro atoms. The highest BCUT2D eigenvalue weighted by molar-refractivity contribution is 7.14. The Labute approximate surface area is 160 Å². The van der Waals surface area contributed by atoms with E-state index in [-0.39, 0.29) is 18.2 Å². The average Bonchev–Trinajstić information content (AvgIpc) is 3.06. The topological polar surface area (TPSA) is 71.1 Å². The molecule has 2 N–H and O–H groups in total. The van der Waals surface area contributed by atoms with Crippen molar-refractivity contribution in [1.29, 1.82) is 0 Å². The zero-order valence-corrected chi connectivity index (χ0v) is 15.7. The first-order chi connectivity index (χ1) is 12.9. The number of nitrogens with zero attached hydrogens (tertiary/aromatic N) is 1. The van der Waals surface area contributed by atoms with Crippen molar-refractivity contribution in [3.8, 4) is 0 Å². The van der Waals surface area contributed by atoms with Crippen molar-refractivity contribution >= 4 is 34.0 Å². The van der Waals surface area contributed by atoms with Crippen LogP contribution in [0.1, 0.15) is 27.2 Å². The molecule has 0 radical (unpaired) electrons. The Balaban J connectivity index is 1.60. The SMILES string of the molecule is Cc1cccc(NC(=O)Cc2csc(NC(=O)c3ccc(F)cc3)n2)c1C. The highest BCUT2D eigenvalue weighted by Gasteiger charge is 2.12. The summed E-state index contributed by atoms with van der Waals surface area (Å²) in [7, 11) is 0. The van der Waals surface area contributed by atoms with E-state index in [4.69, 9.17) is 0 Å². The summed E-state index contributed by atoms with van der Waals surface area (Å²) >= 11 is 1.23. The van der Waals surface area contributed by atoms with Crippen molar-refractivity contribution in [2.45, 2.75) is 20.3 Å². The molecule has 7 heteroatoms. The van der Waals surface area contributed by atoms with E-state index in [0.29, 0.717) is 16.4 Å². The number of aromatic nitrogens is 1. The molecule has 0 aliphatic carbocycles. The average molecular weight is 383 g/mol. The summed E-state index contributed by atoms with van der Waals surface area (Å²) in [6.07, 6.45) is 0.107. The lowest BCUT2D eigenvalue weighted by atomic mass is 10.1. The van der Waals surface area contributed by atoms with Crippen LogP contribution in [0, 0.1) is 19.7 Å². The number of thiazole rings is 1. The Morgan fingerprint density at radius 2 is 1.81 bits per heavy atom. The van der Waals surface area contributed by atoms with Crippen molar-refractivity contribution < 1.29 is 14.0 Å². The minimum absolute atomic E-state index is 0.107. The van der Waals surface area contributed by atoms with E-state index in [1.807, 2.05) is 32.0 Å². The van der Waals surface area contributed by atoms with Gasteiger partial charge in [0.15, 0.2) is 5.13 Å². The van der Waals surface area contributed by atoms with E-state index < -0.39 is 5.82 Å². The second kappa shape index (κ2) is 8.09. The lowest BCUT2D eigenvalue weighted by molar-refractivity contribution is -0.115. The van der Waals surface area contributed by atoms with Gasteiger partial charge in [0.2, 0.25) is 5.91 Å². The number of carbonyl (C=O) groups is 2. The van der Waals surface area contributed by atoms with Crippen LogP contribution in [-0.2, 0) is 11.2 Å². The molecule has 27 heavy (non-hydrogen) atoms. The summed E-state index contributed by atoms with van der Waals surface area (Å²) in [5.74, 6) is -0.959. The molecular weight excluding hydrogens is 365 g/mol. The normalized spacial score (nSPS) is 10.5. The number of rotatable bonds is 5. The summed E-state index contributed by atoms with van der Waals surface area (Å²) < 4.78 is 12.9. The van der Waals surface area contributed by atoms with Crippen LogP contribution in [0.25, 0.3) is 0 Å². The van der Waals surface area contributed by atoms with Gasteiger partial charge < -0.3 is 5.32 Å². The molecule has 5 nitrogen and oxygen atoms in total. The third kappa shape index (κ3) is 4.77. The number of anilines is 2. The molecule has 0 aliphatic heterocycles. The zero-order valence-electron chi connectivity index (χ0n) is 14.9. The standard InChI is InChI=1S/C20H18FN3O2S/c1-12-4-3-5-17(13(12)2)23-18(25)10-16-11-27-20(22-16)24-19(26)14-6-8-15(21)9-7-14/h3-9,11H,10H2,1-2H3,(H,23,25)(H,22,24,26). The van der Waals surface area contributed by atoms with E-state index in [2.05, 4.69) is 15.6 Å². The van der Waals surface area contributed by atoms with E-state index in [0.717, 1.165) is 16.8 Å². The van der Waals surface area contributed by atoms with Gasteiger partial charge in [-0.2, -0.15) is 0 Å². The molecule has 0 unspecified atom stereocenters. The van der Waals surface area contributed by atoms with Gasteiger partial charge in [-0.15, -0.1) is 11.3 Å². The summed E-state index contributed by atoms with van der Waals surface area (Å²) in [5.41, 5.74) is 3.81.